The van der Waals surface area contributed by atoms with E-state index in [1.807, 2.05) is 12.2 Å². The highest BCUT2D eigenvalue weighted by Gasteiger charge is 2.62. The fourth-order valence-electron chi connectivity index (χ4n) is 9.07. The molecule has 4 amide bonds. The number of benzene rings is 1. The van der Waals surface area contributed by atoms with Crippen molar-refractivity contribution in [2.75, 3.05) is 26.7 Å². The molecule has 0 bridgehead atoms. The molecule has 14 nitrogen and oxygen atoms in total. The minimum absolute atomic E-state index is 0.0668. The maximum atomic E-state index is 14.9. The molecule has 2 N–H and O–H groups in total. The number of methoxy groups -OCH3 is 1. The van der Waals surface area contributed by atoms with Crippen molar-refractivity contribution in [2.45, 2.75) is 106 Å². The molecule has 8 rings (SSSR count). The zero-order valence-corrected chi connectivity index (χ0v) is 36.3. The van der Waals surface area contributed by atoms with Gasteiger partial charge in [-0.1, -0.05) is 42.7 Å². The summed E-state index contributed by atoms with van der Waals surface area (Å²) in [5.41, 5.74) is -0.645. The Labute approximate surface area is 368 Å². The number of carbonyl (C=O) groups is 4. The van der Waals surface area contributed by atoms with Crippen LogP contribution in [0.3, 0.4) is 0 Å². The number of sulfonamides is 1. The van der Waals surface area contributed by atoms with E-state index in [9.17, 15) is 40.8 Å². The molecule has 5 atom stereocenters. The van der Waals surface area contributed by atoms with Gasteiger partial charge >= 0.3 is 6.18 Å². The van der Waals surface area contributed by atoms with Crippen molar-refractivity contribution < 1.29 is 50.2 Å². The normalized spacial score (nSPS) is 26.7. The molecule has 1 unspecified atom stereocenters. The highest BCUT2D eigenvalue weighted by molar-refractivity contribution is 7.91. The average molecular weight is 915 g/mol. The van der Waals surface area contributed by atoms with Gasteiger partial charge in [0.15, 0.2) is 0 Å². The molecular weight excluding hydrogens is 865 g/mol. The predicted octanol–water partition coefficient (Wildman–Crippen LogP) is 6.12. The Morgan fingerprint density at radius 1 is 1.02 bits per heavy atom. The Kier molecular flexibility index (Phi) is 12.7. The topological polar surface area (TPSA) is 177 Å². The molecule has 19 heteroatoms. The number of allylic oxidation sites excluding steroid dienone is 1. The molecule has 3 aromatic rings. The number of rotatable bonds is 9. The van der Waals surface area contributed by atoms with Gasteiger partial charge in [-0.05, 0) is 81.7 Å². The number of hydrogen-bond acceptors (Lipinski definition) is 10. The Hall–Kier alpha value is -4.97. The second-order valence-corrected chi connectivity index (χ2v) is 19.6. The van der Waals surface area contributed by atoms with Crippen molar-refractivity contribution in [2.24, 2.45) is 17.8 Å². The summed E-state index contributed by atoms with van der Waals surface area (Å²) in [4.78, 5) is 69.2. The number of carbonyl (C=O) groups excluding carboxylic acids is 4. The van der Waals surface area contributed by atoms with Crippen LogP contribution in [-0.2, 0) is 29.2 Å². The molecule has 0 radical (unpaired) electrons. The number of likely N-dealkylation sites (tertiary alicyclic amines) is 1. The van der Waals surface area contributed by atoms with Crippen LogP contribution in [-0.4, -0.2) is 108 Å². The SMILES string of the molecule is COc1ccc2c(O[C@@H]3C[C@H]4C(=O)N[C@]5(C(=O)NS(=O)(=O)C6CC6)CC5/C=C\CCCCC[C@H](CC(=O)N5CCC(C(F)(F)F)CC5)C(=O)N4C3)nc(-c3ccccn3)cc2c1Cl. The quantitative estimate of drug-likeness (QED) is 0.238. The smallest absolute Gasteiger partial charge is 0.391 e. The molecule has 5 heterocycles. The number of nitrogens with one attached hydrogen (secondary N) is 2. The second kappa shape index (κ2) is 17.9. The maximum Gasteiger partial charge on any atom is 0.391 e. The molecule has 2 saturated carbocycles. The van der Waals surface area contributed by atoms with Crippen molar-refractivity contribution in [1.29, 1.82) is 0 Å². The average Bonchev–Trinajstić information content (AvgIpc) is 4.19. The van der Waals surface area contributed by atoms with Gasteiger partial charge in [-0.25, -0.2) is 13.4 Å². The number of fused-ring (bicyclic) bond motifs is 3. The van der Waals surface area contributed by atoms with E-state index in [1.54, 1.807) is 42.6 Å². The van der Waals surface area contributed by atoms with Gasteiger partial charge in [0.25, 0.3) is 5.91 Å². The Balaban J connectivity index is 1.12. The van der Waals surface area contributed by atoms with Crippen molar-refractivity contribution in [3.05, 3.63) is 59.8 Å². The zero-order valence-electron chi connectivity index (χ0n) is 34.7. The van der Waals surface area contributed by atoms with E-state index in [0.29, 0.717) is 65.0 Å². The van der Waals surface area contributed by atoms with Crippen LogP contribution < -0.4 is 19.5 Å². The molecule has 2 aliphatic carbocycles. The third-order valence-electron chi connectivity index (χ3n) is 13.0. The van der Waals surface area contributed by atoms with E-state index in [1.165, 1.54) is 16.9 Å². The Bertz CT molecular complexity index is 2400. The fourth-order valence-corrected chi connectivity index (χ4v) is 10.7. The summed E-state index contributed by atoms with van der Waals surface area (Å²) >= 11 is 6.82. The van der Waals surface area contributed by atoms with Crippen LogP contribution in [0.15, 0.2) is 54.7 Å². The van der Waals surface area contributed by atoms with E-state index in [4.69, 9.17) is 26.1 Å². The van der Waals surface area contributed by atoms with Gasteiger partial charge in [-0.2, -0.15) is 13.2 Å². The summed E-state index contributed by atoms with van der Waals surface area (Å²) in [6, 6.07) is 9.25. The summed E-state index contributed by atoms with van der Waals surface area (Å²) in [5.74, 6) is -4.88. The predicted molar refractivity (Wildman–Crippen MR) is 226 cm³/mol. The summed E-state index contributed by atoms with van der Waals surface area (Å²) in [6.45, 7) is -0.299. The van der Waals surface area contributed by atoms with E-state index < -0.39 is 80.5 Å². The van der Waals surface area contributed by atoms with Crippen LogP contribution in [0.5, 0.6) is 11.6 Å². The highest BCUT2D eigenvalue weighted by atomic mass is 35.5. The largest absolute Gasteiger partial charge is 0.495 e. The lowest BCUT2D eigenvalue weighted by molar-refractivity contribution is -0.186. The van der Waals surface area contributed by atoms with Crippen LogP contribution in [0.2, 0.25) is 5.02 Å². The van der Waals surface area contributed by atoms with Crippen molar-refractivity contribution >= 4 is 56.0 Å². The number of ether oxygens (including phenoxy) is 2. The molecule has 2 aromatic heterocycles. The van der Waals surface area contributed by atoms with Crippen LogP contribution in [0, 0.1) is 17.8 Å². The van der Waals surface area contributed by atoms with Gasteiger partial charge in [0.05, 0.1) is 41.2 Å². The Morgan fingerprint density at radius 3 is 2.49 bits per heavy atom. The van der Waals surface area contributed by atoms with Gasteiger partial charge in [0, 0.05) is 54.7 Å². The lowest BCUT2D eigenvalue weighted by Crippen LogP contribution is -2.57. The first kappa shape index (κ1) is 44.6. The summed E-state index contributed by atoms with van der Waals surface area (Å²) in [5, 5.41) is 3.53. The molecule has 5 aliphatic rings. The number of nitrogens with zero attached hydrogens (tertiary/aromatic N) is 4. The van der Waals surface area contributed by atoms with Crippen molar-refractivity contribution in [3.8, 4) is 23.0 Å². The van der Waals surface area contributed by atoms with Gasteiger partial charge in [0.2, 0.25) is 33.6 Å². The molecular formula is C44H50ClF3N6O8S. The van der Waals surface area contributed by atoms with Gasteiger partial charge < -0.3 is 24.6 Å². The molecule has 4 fully saturated rings. The number of amides is 4. The van der Waals surface area contributed by atoms with E-state index in [0.717, 1.165) is 6.42 Å². The van der Waals surface area contributed by atoms with Gasteiger partial charge in [0.1, 0.15) is 23.4 Å². The lowest BCUT2D eigenvalue weighted by atomic mass is 9.92. The van der Waals surface area contributed by atoms with E-state index in [-0.39, 0.29) is 64.0 Å². The summed E-state index contributed by atoms with van der Waals surface area (Å²) in [7, 11) is -2.48. The third kappa shape index (κ3) is 9.61. The highest BCUT2D eigenvalue weighted by Crippen LogP contribution is 2.46. The minimum atomic E-state index is -4.36. The number of alkyl halides is 3. The lowest BCUT2D eigenvalue weighted by Gasteiger charge is -2.34. The zero-order chi connectivity index (χ0) is 44.7. The standard InChI is InChI=1S/C44H50ClF3N6O8S/c1-61-36-15-14-31-32(38(36)45)23-34(33-11-7-8-18-49-33)50-40(31)62-29-22-35-39(56)51-43(42(58)52-63(59,60)30-12-13-30)24-28(43)10-6-4-2-3-5-9-26(41(57)54(35)25-29)21-37(55)53-19-16-27(17-20-53)44(46,47)48/h6-8,10-11,14-15,18,23,26-30,35H,2-5,9,12-13,16-17,19-22,24-25H2,1H3,(H,51,56)(H,52,58)/b10-6-/t26-,28?,29-,35+,43-/m1/s1. The van der Waals surface area contributed by atoms with Crippen molar-refractivity contribution in [3.63, 3.8) is 0 Å². The number of pyridine rings is 2. The van der Waals surface area contributed by atoms with Crippen molar-refractivity contribution in [1.82, 2.24) is 29.8 Å². The summed E-state index contributed by atoms with van der Waals surface area (Å²) in [6.07, 6.45) is 3.23. The Morgan fingerprint density at radius 2 is 1.79 bits per heavy atom. The number of piperidine rings is 1. The van der Waals surface area contributed by atoms with Gasteiger partial charge in [-0.15, -0.1) is 0 Å². The molecule has 3 aliphatic heterocycles. The van der Waals surface area contributed by atoms with E-state index in [2.05, 4.69) is 15.0 Å². The number of hydrogen-bond donors (Lipinski definition) is 2. The van der Waals surface area contributed by atoms with Crippen LogP contribution >= 0.6 is 11.6 Å². The number of aromatic nitrogens is 2. The number of halogens is 4. The third-order valence-corrected chi connectivity index (χ3v) is 15.2. The van der Waals surface area contributed by atoms with E-state index >= 15 is 0 Å². The first-order chi connectivity index (χ1) is 30.1. The summed E-state index contributed by atoms with van der Waals surface area (Å²) < 4.78 is 80.6. The molecule has 2 saturated heterocycles. The first-order valence-electron chi connectivity index (χ1n) is 21.5. The van der Waals surface area contributed by atoms with Crippen LogP contribution in [0.4, 0.5) is 13.2 Å². The molecule has 1 aromatic carbocycles. The molecule has 63 heavy (non-hydrogen) atoms. The van der Waals surface area contributed by atoms with Gasteiger partial charge in [-0.3, -0.25) is 28.9 Å². The fraction of sp³-hybridized carbons (Fsp3) is 0.545. The van der Waals surface area contributed by atoms with Crippen LogP contribution in [0.1, 0.15) is 77.0 Å². The minimum Gasteiger partial charge on any atom is -0.495 e. The molecule has 0 spiro atoms. The first-order valence-corrected chi connectivity index (χ1v) is 23.5. The maximum absolute atomic E-state index is 14.9. The molecule has 338 valence electrons. The monoisotopic (exact) mass is 914 g/mol. The second-order valence-electron chi connectivity index (χ2n) is 17.3. The van der Waals surface area contributed by atoms with Crippen LogP contribution in [0.25, 0.3) is 22.2 Å².